The maximum Gasteiger partial charge on any atom is 0.263 e. The van der Waals surface area contributed by atoms with Crippen LogP contribution in [-0.2, 0) is 24.2 Å². The first-order chi connectivity index (χ1) is 11.5. The molecular formula is C18H24N4O2. The number of carbonyl (C=O) groups excluding carboxylic acids is 1. The van der Waals surface area contributed by atoms with Gasteiger partial charge in [0.15, 0.2) is 5.65 Å². The molecule has 0 aliphatic heterocycles. The molecule has 0 bridgehead atoms. The first-order valence-electron chi connectivity index (χ1n) is 8.69. The van der Waals surface area contributed by atoms with Crippen LogP contribution in [0.4, 0.5) is 0 Å². The van der Waals surface area contributed by atoms with E-state index in [1.807, 2.05) is 6.07 Å². The molecule has 128 valence electrons. The molecule has 2 aromatic heterocycles. The summed E-state index contributed by atoms with van der Waals surface area (Å²) in [5.41, 5.74) is 2.49. The molecule has 0 aromatic carbocycles. The third-order valence-electron chi connectivity index (χ3n) is 4.45. The predicted octanol–water partition coefficient (Wildman–Crippen LogP) is 1.83. The normalized spacial score (nSPS) is 14.0. The molecule has 0 saturated carbocycles. The van der Waals surface area contributed by atoms with Crippen LogP contribution in [0.3, 0.4) is 0 Å². The lowest BCUT2D eigenvalue weighted by Crippen LogP contribution is -2.33. The number of nitrogens with one attached hydrogen (secondary N) is 1. The van der Waals surface area contributed by atoms with Crippen LogP contribution in [-0.4, -0.2) is 27.0 Å². The fourth-order valence-electron chi connectivity index (χ4n) is 3.03. The Morgan fingerprint density at radius 2 is 2.12 bits per heavy atom. The number of pyridine rings is 1. The zero-order valence-electron chi connectivity index (χ0n) is 14.3. The Bertz CT molecular complexity index is 811. The van der Waals surface area contributed by atoms with E-state index in [0.29, 0.717) is 23.5 Å². The Morgan fingerprint density at radius 3 is 2.92 bits per heavy atom. The molecule has 0 fully saturated rings. The molecular weight excluding hydrogens is 304 g/mol. The van der Waals surface area contributed by atoms with E-state index in [-0.39, 0.29) is 18.0 Å². The average Bonchev–Trinajstić information content (AvgIpc) is 2.56. The predicted molar refractivity (Wildman–Crippen MR) is 92.9 cm³/mol. The Morgan fingerprint density at radius 1 is 1.33 bits per heavy atom. The van der Waals surface area contributed by atoms with Gasteiger partial charge in [0.25, 0.3) is 5.56 Å². The highest BCUT2D eigenvalue weighted by atomic mass is 16.2. The van der Waals surface area contributed by atoms with E-state index in [1.165, 1.54) is 10.9 Å². The van der Waals surface area contributed by atoms with Gasteiger partial charge in [-0.2, -0.15) is 0 Å². The van der Waals surface area contributed by atoms with Crippen molar-refractivity contribution in [2.45, 2.75) is 52.5 Å². The second kappa shape index (κ2) is 7.11. The van der Waals surface area contributed by atoms with Crippen LogP contribution >= 0.6 is 0 Å². The first kappa shape index (κ1) is 16.6. The summed E-state index contributed by atoms with van der Waals surface area (Å²) in [6.45, 7) is 4.84. The third kappa shape index (κ3) is 3.63. The lowest BCUT2D eigenvalue weighted by Gasteiger charge is -2.15. The molecule has 1 aliphatic rings. The molecule has 0 unspecified atom stereocenters. The minimum Gasteiger partial charge on any atom is -0.355 e. The SMILES string of the molecule is CC(C)CCNC(=O)Cn1cnc2nc3c(cc2c1=O)CCCC3. The van der Waals surface area contributed by atoms with Crippen LogP contribution in [0.25, 0.3) is 11.0 Å². The maximum absolute atomic E-state index is 12.6. The van der Waals surface area contributed by atoms with Gasteiger partial charge < -0.3 is 5.32 Å². The van der Waals surface area contributed by atoms with Crippen LogP contribution in [0.15, 0.2) is 17.2 Å². The lowest BCUT2D eigenvalue weighted by molar-refractivity contribution is -0.121. The molecule has 6 heteroatoms. The van der Waals surface area contributed by atoms with Crippen LogP contribution in [0.1, 0.15) is 44.4 Å². The molecule has 1 amide bonds. The zero-order chi connectivity index (χ0) is 17.1. The summed E-state index contributed by atoms with van der Waals surface area (Å²) in [6.07, 6.45) is 6.53. The molecule has 0 saturated heterocycles. The standard InChI is InChI=1S/C18H24N4O2/c1-12(2)7-8-19-16(23)10-22-11-20-17-14(18(22)24)9-13-5-3-4-6-15(13)21-17/h9,11-12H,3-8,10H2,1-2H3,(H,19,23). The highest BCUT2D eigenvalue weighted by Crippen LogP contribution is 2.21. The highest BCUT2D eigenvalue weighted by Gasteiger charge is 2.15. The molecule has 0 spiro atoms. The number of hydrogen-bond acceptors (Lipinski definition) is 4. The molecule has 6 nitrogen and oxygen atoms in total. The highest BCUT2D eigenvalue weighted by molar-refractivity contribution is 5.77. The topological polar surface area (TPSA) is 76.9 Å². The summed E-state index contributed by atoms with van der Waals surface area (Å²) in [5.74, 6) is 0.373. The van der Waals surface area contributed by atoms with Crippen molar-refractivity contribution in [3.05, 3.63) is 34.0 Å². The number of hydrogen-bond donors (Lipinski definition) is 1. The van der Waals surface area contributed by atoms with Gasteiger partial charge in [-0.25, -0.2) is 9.97 Å². The molecule has 24 heavy (non-hydrogen) atoms. The quantitative estimate of drug-likeness (QED) is 0.908. The molecule has 2 aromatic rings. The van der Waals surface area contributed by atoms with E-state index in [0.717, 1.165) is 43.4 Å². The lowest BCUT2D eigenvalue weighted by atomic mass is 9.95. The van der Waals surface area contributed by atoms with Gasteiger partial charge in [-0.05, 0) is 49.7 Å². The van der Waals surface area contributed by atoms with E-state index >= 15 is 0 Å². The number of fused-ring (bicyclic) bond motifs is 2. The number of carbonyl (C=O) groups is 1. The minimum absolute atomic E-state index is 0.00302. The second-order valence-electron chi connectivity index (χ2n) is 6.88. The van der Waals surface area contributed by atoms with Gasteiger partial charge in [-0.1, -0.05) is 13.8 Å². The number of aromatic nitrogens is 3. The van der Waals surface area contributed by atoms with Crippen molar-refractivity contribution < 1.29 is 4.79 Å². The van der Waals surface area contributed by atoms with Crippen molar-refractivity contribution in [1.82, 2.24) is 19.9 Å². The molecule has 2 heterocycles. The summed E-state index contributed by atoms with van der Waals surface area (Å²) >= 11 is 0. The Balaban J connectivity index is 1.81. The minimum atomic E-state index is -0.195. The van der Waals surface area contributed by atoms with Gasteiger partial charge in [0.05, 0.1) is 5.39 Å². The van der Waals surface area contributed by atoms with Gasteiger partial charge in [0.2, 0.25) is 5.91 Å². The van der Waals surface area contributed by atoms with Crippen molar-refractivity contribution in [3.63, 3.8) is 0 Å². The molecule has 0 atom stereocenters. The van der Waals surface area contributed by atoms with E-state index in [9.17, 15) is 9.59 Å². The fraction of sp³-hybridized carbons (Fsp3) is 0.556. The van der Waals surface area contributed by atoms with E-state index < -0.39 is 0 Å². The molecule has 1 aliphatic carbocycles. The maximum atomic E-state index is 12.6. The van der Waals surface area contributed by atoms with E-state index in [1.54, 1.807) is 0 Å². The summed E-state index contributed by atoms with van der Waals surface area (Å²) in [5, 5.41) is 3.35. The van der Waals surface area contributed by atoms with Crippen LogP contribution in [0.5, 0.6) is 0 Å². The second-order valence-corrected chi connectivity index (χ2v) is 6.88. The summed E-state index contributed by atoms with van der Waals surface area (Å²) in [7, 11) is 0. The Kier molecular flexibility index (Phi) is 4.92. The molecule has 1 N–H and O–H groups in total. The van der Waals surface area contributed by atoms with Crippen molar-refractivity contribution in [2.75, 3.05) is 6.54 Å². The van der Waals surface area contributed by atoms with Crippen LogP contribution < -0.4 is 10.9 Å². The zero-order valence-corrected chi connectivity index (χ0v) is 14.3. The number of rotatable bonds is 5. The summed E-state index contributed by atoms with van der Waals surface area (Å²) in [4.78, 5) is 33.5. The number of nitrogens with zero attached hydrogens (tertiary/aromatic N) is 3. The average molecular weight is 328 g/mol. The monoisotopic (exact) mass is 328 g/mol. The Labute approximate surface area is 141 Å². The molecule has 3 rings (SSSR count). The van der Waals surface area contributed by atoms with Crippen molar-refractivity contribution in [1.29, 1.82) is 0 Å². The van der Waals surface area contributed by atoms with Gasteiger partial charge in [0, 0.05) is 12.2 Å². The van der Waals surface area contributed by atoms with Gasteiger partial charge in [0.1, 0.15) is 12.9 Å². The van der Waals surface area contributed by atoms with Gasteiger partial charge in [-0.3, -0.25) is 14.2 Å². The summed E-state index contributed by atoms with van der Waals surface area (Å²) < 4.78 is 1.37. The number of amides is 1. The van der Waals surface area contributed by atoms with Crippen molar-refractivity contribution in [3.8, 4) is 0 Å². The number of aryl methyl sites for hydroxylation is 2. The van der Waals surface area contributed by atoms with Crippen LogP contribution in [0.2, 0.25) is 0 Å². The largest absolute Gasteiger partial charge is 0.355 e. The third-order valence-corrected chi connectivity index (χ3v) is 4.45. The van der Waals surface area contributed by atoms with Crippen LogP contribution in [0, 0.1) is 5.92 Å². The van der Waals surface area contributed by atoms with Gasteiger partial charge in [-0.15, -0.1) is 0 Å². The fourth-order valence-corrected chi connectivity index (χ4v) is 3.03. The van der Waals surface area contributed by atoms with Crippen molar-refractivity contribution >= 4 is 16.9 Å². The van der Waals surface area contributed by atoms with Gasteiger partial charge >= 0.3 is 0 Å². The first-order valence-corrected chi connectivity index (χ1v) is 8.69. The molecule has 0 radical (unpaired) electrons. The van der Waals surface area contributed by atoms with E-state index in [2.05, 4.69) is 29.1 Å². The summed E-state index contributed by atoms with van der Waals surface area (Å²) in [6, 6.07) is 1.92. The Hall–Kier alpha value is -2.24. The smallest absolute Gasteiger partial charge is 0.263 e. The van der Waals surface area contributed by atoms with Crippen molar-refractivity contribution in [2.24, 2.45) is 5.92 Å². The van der Waals surface area contributed by atoms with E-state index in [4.69, 9.17) is 0 Å².